The molecule has 134 valence electrons. The molecule has 6 nitrogen and oxygen atoms in total. The fourth-order valence-corrected chi connectivity index (χ4v) is 3.84. The van der Waals surface area contributed by atoms with Gasteiger partial charge in [0.1, 0.15) is 0 Å². The van der Waals surface area contributed by atoms with Crippen molar-refractivity contribution in [2.24, 2.45) is 4.99 Å². The number of hydrogen-bond acceptors (Lipinski definition) is 6. The van der Waals surface area contributed by atoms with Crippen LogP contribution < -0.4 is 4.74 Å². The maximum Gasteiger partial charge on any atom is 0.286 e. The number of phenolic OH excluding ortho intramolecular Hbond substituents is 1. The number of benzene rings is 1. The van der Waals surface area contributed by atoms with Crippen LogP contribution in [0.5, 0.6) is 11.5 Å². The second-order valence-corrected chi connectivity index (χ2v) is 7.14. The molecule has 3 rings (SSSR count). The SMILES string of the molecule is CCOc1cc(/C=C2\SC(N3CC(C)OC(C)C3)=NC2=O)ccc1O. The van der Waals surface area contributed by atoms with E-state index in [4.69, 9.17) is 9.47 Å². The maximum absolute atomic E-state index is 12.3. The van der Waals surface area contributed by atoms with E-state index in [0.29, 0.717) is 17.3 Å². The molecule has 0 spiro atoms. The fraction of sp³-hybridized carbons (Fsp3) is 0.444. The molecule has 1 amide bonds. The molecule has 0 aromatic heterocycles. The van der Waals surface area contributed by atoms with E-state index in [-0.39, 0.29) is 23.9 Å². The number of aromatic hydroxyl groups is 1. The molecule has 7 heteroatoms. The highest BCUT2D eigenvalue weighted by Crippen LogP contribution is 2.33. The minimum atomic E-state index is -0.238. The van der Waals surface area contributed by atoms with Crippen LogP contribution in [0.25, 0.3) is 6.08 Å². The zero-order valence-corrected chi connectivity index (χ0v) is 15.4. The highest BCUT2D eigenvalue weighted by atomic mass is 32.2. The van der Waals surface area contributed by atoms with Crippen molar-refractivity contribution in [1.82, 2.24) is 4.90 Å². The normalized spacial score (nSPS) is 25.4. The second-order valence-electron chi connectivity index (χ2n) is 6.13. The quantitative estimate of drug-likeness (QED) is 0.834. The summed E-state index contributed by atoms with van der Waals surface area (Å²) in [6.45, 7) is 7.81. The second kappa shape index (κ2) is 7.49. The summed E-state index contributed by atoms with van der Waals surface area (Å²) in [7, 11) is 0. The number of hydrogen-bond donors (Lipinski definition) is 1. The first-order chi connectivity index (χ1) is 12.0. The topological polar surface area (TPSA) is 71.4 Å². The summed E-state index contributed by atoms with van der Waals surface area (Å²) in [5.41, 5.74) is 0.789. The van der Waals surface area contributed by atoms with Crippen LogP contribution in [0.2, 0.25) is 0 Å². The van der Waals surface area contributed by atoms with Crippen LogP contribution >= 0.6 is 11.8 Å². The molecule has 0 saturated carbocycles. The lowest BCUT2D eigenvalue weighted by molar-refractivity contribution is -0.113. The minimum absolute atomic E-state index is 0.0858. The lowest BCUT2D eigenvalue weighted by Gasteiger charge is -2.35. The molecule has 1 aromatic carbocycles. The van der Waals surface area contributed by atoms with E-state index < -0.39 is 0 Å². The lowest BCUT2D eigenvalue weighted by Crippen LogP contribution is -2.47. The third kappa shape index (κ3) is 4.16. The summed E-state index contributed by atoms with van der Waals surface area (Å²) < 4.78 is 11.1. The number of amides is 1. The molecule has 2 aliphatic rings. The van der Waals surface area contributed by atoms with Gasteiger partial charge in [-0.05, 0) is 56.3 Å². The molecule has 2 aliphatic heterocycles. The van der Waals surface area contributed by atoms with Crippen LogP contribution in [0.4, 0.5) is 0 Å². The number of amidine groups is 1. The van der Waals surface area contributed by atoms with Crippen LogP contribution in [0.15, 0.2) is 28.1 Å². The predicted molar refractivity (Wildman–Crippen MR) is 98.9 cm³/mol. The number of morpholine rings is 1. The smallest absolute Gasteiger partial charge is 0.286 e. The molecule has 1 aromatic rings. The van der Waals surface area contributed by atoms with E-state index in [1.165, 1.54) is 11.8 Å². The van der Waals surface area contributed by atoms with Crippen molar-refractivity contribution < 1.29 is 19.4 Å². The van der Waals surface area contributed by atoms with Gasteiger partial charge in [0.15, 0.2) is 16.7 Å². The van der Waals surface area contributed by atoms with E-state index in [1.807, 2.05) is 20.8 Å². The zero-order chi connectivity index (χ0) is 18.0. The van der Waals surface area contributed by atoms with Crippen molar-refractivity contribution in [3.05, 3.63) is 28.7 Å². The molecule has 2 atom stereocenters. The average Bonchev–Trinajstić information content (AvgIpc) is 2.91. The molecule has 1 fully saturated rings. The average molecular weight is 362 g/mol. The number of carbonyl (C=O) groups is 1. The van der Waals surface area contributed by atoms with Crippen molar-refractivity contribution in [3.63, 3.8) is 0 Å². The zero-order valence-electron chi connectivity index (χ0n) is 14.6. The fourth-order valence-electron chi connectivity index (χ4n) is 2.91. The van der Waals surface area contributed by atoms with Gasteiger partial charge in [-0.2, -0.15) is 4.99 Å². The van der Waals surface area contributed by atoms with Crippen LogP contribution in [-0.2, 0) is 9.53 Å². The number of nitrogens with zero attached hydrogens (tertiary/aromatic N) is 2. The Hall–Kier alpha value is -1.99. The number of aliphatic imine (C=N–C) groups is 1. The Kier molecular flexibility index (Phi) is 5.34. The summed E-state index contributed by atoms with van der Waals surface area (Å²) in [5.74, 6) is 0.254. The number of rotatable bonds is 3. The summed E-state index contributed by atoms with van der Waals surface area (Å²) in [6, 6.07) is 5.03. The lowest BCUT2D eigenvalue weighted by atomic mass is 10.2. The summed E-state index contributed by atoms with van der Waals surface area (Å²) in [6.07, 6.45) is 2.00. The first-order valence-electron chi connectivity index (χ1n) is 8.35. The van der Waals surface area contributed by atoms with Gasteiger partial charge in [-0.3, -0.25) is 4.79 Å². The van der Waals surface area contributed by atoms with Gasteiger partial charge < -0.3 is 19.5 Å². The van der Waals surface area contributed by atoms with Gasteiger partial charge in [0.25, 0.3) is 5.91 Å². The number of ether oxygens (including phenoxy) is 2. The molecule has 0 radical (unpaired) electrons. The third-order valence-corrected chi connectivity index (χ3v) is 4.93. The Labute approximate surface area is 151 Å². The largest absolute Gasteiger partial charge is 0.504 e. The molecule has 1 N–H and O–H groups in total. The van der Waals surface area contributed by atoms with Crippen LogP contribution in [0.3, 0.4) is 0 Å². The Bertz CT molecular complexity index is 722. The van der Waals surface area contributed by atoms with Crippen molar-refractivity contribution >= 4 is 28.9 Å². The Morgan fingerprint density at radius 2 is 2.12 bits per heavy atom. The number of thioether (sulfide) groups is 1. The summed E-state index contributed by atoms with van der Waals surface area (Å²) in [4.78, 5) is 19.1. The van der Waals surface area contributed by atoms with Crippen LogP contribution in [0.1, 0.15) is 26.3 Å². The van der Waals surface area contributed by atoms with Gasteiger partial charge in [-0.25, -0.2) is 0 Å². The summed E-state index contributed by atoms with van der Waals surface area (Å²) >= 11 is 1.38. The van der Waals surface area contributed by atoms with Crippen LogP contribution in [0, 0.1) is 0 Å². The molecular formula is C18H22N2O4S. The summed E-state index contributed by atoms with van der Waals surface area (Å²) in [5, 5.41) is 10.5. The van der Waals surface area contributed by atoms with Gasteiger partial charge in [0.05, 0.1) is 23.7 Å². The molecule has 0 bridgehead atoms. The monoisotopic (exact) mass is 362 g/mol. The van der Waals surface area contributed by atoms with E-state index in [0.717, 1.165) is 23.8 Å². The van der Waals surface area contributed by atoms with Gasteiger partial charge in [0.2, 0.25) is 0 Å². The highest BCUT2D eigenvalue weighted by molar-refractivity contribution is 8.18. The predicted octanol–water partition coefficient (Wildman–Crippen LogP) is 2.87. The maximum atomic E-state index is 12.3. The Balaban J connectivity index is 1.76. The van der Waals surface area contributed by atoms with Crippen molar-refractivity contribution in [3.8, 4) is 11.5 Å². The van der Waals surface area contributed by atoms with Crippen molar-refractivity contribution in [2.45, 2.75) is 33.0 Å². The van der Waals surface area contributed by atoms with Gasteiger partial charge in [0, 0.05) is 13.1 Å². The van der Waals surface area contributed by atoms with Gasteiger partial charge in [-0.15, -0.1) is 0 Å². The molecule has 0 aliphatic carbocycles. The molecule has 2 heterocycles. The highest BCUT2D eigenvalue weighted by Gasteiger charge is 2.31. The first kappa shape index (κ1) is 17.8. The molecular weight excluding hydrogens is 340 g/mol. The number of phenols is 1. The van der Waals surface area contributed by atoms with Crippen molar-refractivity contribution in [1.29, 1.82) is 0 Å². The third-order valence-electron chi connectivity index (χ3n) is 3.88. The van der Waals surface area contributed by atoms with Crippen molar-refractivity contribution in [2.75, 3.05) is 19.7 Å². The minimum Gasteiger partial charge on any atom is -0.504 e. The molecule has 25 heavy (non-hydrogen) atoms. The number of carbonyl (C=O) groups excluding carboxylic acids is 1. The van der Waals surface area contributed by atoms with E-state index in [1.54, 1.807) is 24.3 Å². The van der Waals surface area contributed by atoms with Gasteiger partial charge >= 0.3 is 0 Å². The van der Waals surface area contributed by atoms with E-state index in [9.17, 15) is 9.90 Å². The van der Waals surface area contributed by atoms with Gasteiger partial charge in [-0.1, -0.05) is 6.07 Å². The molecule has 2 unspecified atom stereocenters. The standard InChI is InChI=1S/C18H22N2O4S/c1-4-23-15-7-13(5-6-14(15)21)8-16-17(22)19-18(25-16)20-9-11(2)24-12(3)10-20/h5-8,11-12,21H,4,9-10H2,1-3H3/b16-8-. The van der Waals surface area contributed by atoms with E-state index >= 15 is 0 Å². The first-order valence-corrected chi connectivity index (χ1v) is 9.16. The van der Waals surface area contributed by atoms with Crippen LogP contribution in [-0.4, -0.2) is 53.0 Å². The Morgan fingerprint density at radius 3 is 2.80 bits per heavy atom. The molecule has 1 saturated heterocycles. The van der Waals surface area contributed by atoms with E-state index in [2.05, 4.69) is 9.89 Å². The Morgan fingerprint density at radius 1 is 1.40 bits per heavy atom.